The minimum Gasteiger partial charge on any atom is -0.384 e. The molecule has 1 aliphatic rings. The summed E-state index contributed by atoms with van der Waals surface area (Å²) in [5.74, 6) is 0. The molecule has 0 radical (unpaired) electrons. The fraction of sp³-hybridized carbons (Fsp3) is 0.556. The monoisotopic (exact) mass is 166 g/mol. The molecule has 1 aromatic rings. The minimum absolute atomic E-state index is 0.323. The molecule has 0 bridgehead atoms. The first-order valence-electron chi connectivity index (χ1n) is 4.23. The van der Waals surface area contributed by atoms with Crippen LogP contribution in [0.15, 0.2) is 12.4 Å². The molecular weight excluding hydrogens is 152 g/mol. The maximum atomic E-state index is 10.0. The molecular formula is C9H14N2O. The van der Waals surface area contributed by atoms with Gasteiger partial charge in [-0.05, 0) is 18.4 Å². The van der Waals surface area contributed by atoms with Gasteiger partial charge in [-0.3, -0.25) is 0 Å². The second-order valence-corrected chi connectivity index (χ2v) is 3.60. The molecule has 3 heteroatoms. The van der Waals surface area contributed by atoms with Crippen molar-refractivity contribution in [3.8, 4) is 0 Å². The summed E-state index contributed by atoms with van der Waals surface area (Å²) in [5.41, 5.74) is 7.04. The third-order valence-electron chi connectivity index (χ3n) is 2.69. The van der Waals surface area contributed by atoms with Gasteiger partial charge >= 0.3 is 0 Å². The highest BCUT2D eigenvalue weighted by Gasteiger charge is 2.36. The molecule has 3 N–H and O–H groups in total. The number of nitrogens with zero attached hydrogens (tertiary/aromatic N) is 1. The predicted octanol–water partition coefficient (Wildman–Crippen LogP) is 0.118. The van der Waals surface area contributed by atoms with Gasteiger partial charge in [-0.25, -0.2) is 0 Å². The van der Waals surface area contributed by atoms with Crippen molar-refractivity contribution >= 4 is 0 Å². The van der Waals surface area contributed by atoms with E-state index in [9.17, 15) is 5.11 Å². The highest BCUT2D eigenvalue weighted by molar-refractivity contribution is 5.35. The lowest BCUT2D eigenvalue weighted by Crippen LogP contribution is -2.32. The fourth-order valence-corrected chi connectivity index (χ4v) is 1.95. The molecule has 1 aliphatic carbocycles. The van der Waals surface area contributed by atoms with Gasteiger partial charge < -0.3 is 15.4 Å². The maximum Gasteiger partial charge on any atom is 0.104 e. The molecule has 12 heavy (non-hydrogen) atoms. The Balaban J connectivity index is 2.47. The Hall–Kier alpha value is -0.800. The molecule has 0 aromatic carbocycles. The van der Waals surface area contributed by atoms with Crippen LogP contribution in [-0.4, -0.2) is 16.2 Å². The summed E-state index contributed by atoms with van der Waals surface area (Å²) in [5, 5.41) is 10.0. The Morgan fingerprint density at radius 3 is 3.08 bits per heavy atom. The topological polar surface area (TPSA) is 51.2 Å². The van der Waals surface area contributed by atoms with E-state index in [0.717, 1.165) is 18.4 Å². The predicted molar refractivity (Wildman–Crippen MR) is 46.7 cm³/mol. The van der Waals surface area contributed by atoms with E-state index in [1.165, 1.54) is 5.56 Å². The second-order valence-electron chi connectivity index (χ2n) is 3.60. The molecule has 1 unspecified atom stereocenters. The fourth-order valence-electron chi connectivity index (χ4n) is 1.95. The zero-order valence-corrected chi connectivity index (χ0v) is 7.25. The molecule has 0 fully saturated rings. The van der Waals surface area contributed by atoms with Gasteiger partial charge in [0.25, 0.3) is 0 Å². The van der Waals surface area contributed by atoms with Gasteiger partial charge in [0.05, 0.1) is 0 Å². The summed E-state index contributed by atoms with van der Waals surface area (Å²) in [6.45, 7) is 0.323. The Bertz CT molecular complexity index is 305. The lowest BCUT2D eigenvalue weighted by Gasteiger charge is -2.20. The standard InChI is InChI=1S/C9H14N2O/c1-11-4-7-2-3-9(12,6-10)8(7)5-11/h4-5,12H,2-3,6,10H2,1H3. The van der Waals surface area contributed by atoms with Gasteiger partial charge in [-0.15, -0.1) is 0 Å². The zero-order chi connectivity index (χ0) is 8.77. The lowest BCUT2D eigenvalue weighted by atomic mass is 9.99. The summed E-state index contributed by atoms with van der Waals surface area (Å²) in [6.07, 6.45) is 5.75. The first kappa shape index (κ1) is 7.83. The average molecular weight is 166 g/mol. The van der Waals surface area contributed by atoms with Crippen LogP contribution in [-0.2, 0) is 19.1 Å². The highest BCUT2D eigenvalue weighted by atomic mass is 16.3. The Morgan fingerprint density at radius 1 is 1.67 bits per heavy atom. The van der Waals surface area contributed by atoms with Crippen LogP contribution in [0.3, 0.4) is 0 Å². The quantitative estimate of drug-likeness (QED) is 0.622. The van der Waals surface area contributed by atoms with E-state index in [4.69, 9.17) is 5.73 Å². The summed E-state index contributed by atoms with van der Waals surface area (Å²) in [4.78, 5) is 0. The Morgan fingerprint density at radius 2 is 2.42 bits per heavy atom. The van der Waals surface area contributed by atoms with E-state index in [2.05, 4.69) is 6.20 Å². The molecule has 1 atom stereocenters. The van der Waals surface area contributed by atoms with E-state index < -0.39 is 5.60 Å². The Labute approximate surface area is 71.8 Å². The van der Waals surface area contributed by atoms with E-state index in [0.29, 0.717) is 6.54 Å². The van der Waals surface area contributed by atoms with Crippen molar-refractivity contribution in [1.29, 1.82) is 0 Å². The van der Waals surface area contributed by atoms with E-state index >= 15 is 0 Å². The van der Waals surface area contributed by atoms with Crippen LogP contribution in [0.4, 0.5) is 0 Å². The van der Waals surface area contributed by atoms with Crippen LogP contribution in [0.2, 0.25) is 0 Å². The van der Waals surface area contributed by atoms with Crippen LogP contribution < -0.4 is 5.73 Å². The lowest BCUT2D eigenvalue weighted by molar-refractivity contribution is 0.0477. The van der Waals surface area contributed by atoms with E-state index in [1.54, 1.807) is 0 Å². The minimum atomic E-state index is -0.753. The first-order chi connectivity index (χ1) is 5.65. The number of aromatic nitrogens is 1. The van der Waals surface area contributed by atoms with E-state index in [1.807, 2.05) is 17.8 Å². The number of fused-ring (bicyclic) bond motifs is 1. The molecule has 0 spiro atoms. The molecule has 0 aliphatic heterocycles. The van der Waals surface area contributed by atoms with Crippen molar-refractivity contribution in [1.82, 2.24) is 4.57 Å². The third kappa shape index (κ3) is 0.901. The smallest absolute Gasteiger partial charge is 0.104 e. The van der Waals surface area contributed by atoms with E-state index in [-0.39, 0.29) is 0 Å². The van der Waals surface area contributed by atoms with Gasteiger partial charge in [-0.2, -0.15) is 0 Å². The number of rotatable bonds is 1. The Kier molecular flexibility index (Phi) is 1.53. The van der Waals surface area contributed by atoms with Gasteiger partial charge in [-0.1, -0.05) is 0 Å². The van der Waals surface area contributed by atoms with Crippen molar-refractivity contribution in [3.63, 3.8) is 0 Å². The molecule has 66 valence electrons. The summed E-state index contributed by atoms with van der Waals surface area (Å²) >= 11 is 0. The molecule has 2 rings (SSSR count). The van der Waals surface area contributed by atoms with Crippen molar-refractivity contribution < 1.29 is 5.11 Å². The van der Waals surface area contributed by atoms with Crippen molar-refractivity contribution in [2.45, 2.75) is 18.4 Å². The molecule has 1 aromatic heterocycles. The third-order valence-corrected chi connectivity index (χ3v) is 2.69. The normalized spacial score (nSPS) is 27.6. The van der Waals surface area contributed by atoms with Crippen LogP contribution in [0.1, 0.15) is 17.5 Å². The number of hydrogen-bond acceptors (Lipinski definition) is 2. The number of aliphatic hydroxyl groups is 1. The summed E-state index contributed by atoms with van der Waals surface area (Å²) in [6, 6.07) is 0. The number of aryl methyl sites for hydroxylation is 2. The summed E-state index contributed by atoms with van der Waals surface area (Å²) in [7, 11) is 1.97. The molecule has 3 nitrogen and oxygen atoms in total. The molecule has 0 saturated heterocycles. The molecule has 0 amide bonds. The number of hydrogen-bond donors (Lipinski definition) is 2. The maximum absolute atomic E-state index is 10.0. The van der Waals surface area contributed by atoms with Gasteiger partial charge in [0.1, 0.15) is 5.60 Å². The SMILES string of the molecule is Cn1cc2c(c1)C(O)(CN)CC2. The van der Waals surface area contributed by atoms with Crippen LogP contribution >= 0.6 is 0 Å². The van der Waals surface area contributed by atoms with Gasteiger partial charge in [0.15, 0.2) is 0 Å². The average Bonchev–Trinajstić information content (AvgIpc) is 2.53. The van der Waals surface area contributed by atoms with Crippen LogP contribution in [0.5, 0.6) is 0 Å². The summed E-state index contributed by atoms with van der Waals surface area (Å²) < 4.78 is 1.98. The van der Waals surface area contributed by atoms with Gasteiger partial charge in [0, 0.05) is 31.5 Å². The first-order valence-corrected chi connectivity index (χ1v) is 4.23. The van der Waals surface area contributed by atoms with Crippen LogP contribution in [0, 0.1) is 0 Å². The molecule has 0 saturated carbocycles. The second kappa shape index (κ2) is 2.34. The largest absolute Gasteiger partial charge is 0.384 e. The van der Waals surface area contributed by atoms with Crippen molar-refractivity contribution in [2.75, 3.05) is 6.54 Å². The van der Waals surface area contributed by atoms with Crippen LogP contribution in [0.25, 0.3) is 0 Å². The number of nitrogens with two attached hydrogens (primary N) is 1. The van der Waals surface area contributed by atoms with Gasteiger partial charge in [0.2, 0.25) is 0 Å². The zero-order valence-electron chi connectivity index (χ0n) is 7.25. The van der Waals surface area contributed by atoms with Crippen molar-refractivity contribution in [2.24, 2.45) is 12.8 Å². The highest BCUT2D eigenvalue weighted by Crippen LogP contribution is 2.36. The van der Waals surface area contributed by atoms with Crippen molar-refractivity contribution in [3.05, 3.63) is 23.5 Å². The molecule has 1 heterocycles.